The summed E-state index contributed by atoms with van der Waals surface area (Å²) in [5.74, 6) is 0. The smallest absolute Gasteiger partial charge is 0.216 e. The molecule has 0 fully saturated rings. The SMILES string of the molecule is Cc1ccc(S(=O)(=O)/C(C#N)=C/c2cccc(/C=C(\C#N)S(=O)(=O)c3ccc(C)cc3)c2)cc1. The third-order valence-electron chi connectivity index (χ3n) is 4.97. The standard InChI is InChI=1S/C26H20N2O4S2/c1-19-6-10-23(11-7-19)33(29,30)25(17-27)15-21-4-3-5-22(14-21)16-26(18-28)34(31,32)24-12-8-20(2)9-13-24/h3-16H,1-2H3/b25-15+,26-16+. The van der Waals surface area contributed by atoms with E-state index in [0.29, 0.717) is 11.1 Å². The second kappa shape index (κ2) is 9.88. The van der Waals surface area contributed by atoms with Gasteiger partial charge in [-0.3, -0.25) is 0 Å². The zero-order chi connectivity index (χ0) is 24.9. The van der Waals surface area contributed by atoms with E-state index in [2.05, 4.69) is 0 Å². The molecule has 8 heteroatoms. The van der Waals surface area contributed by atoms with Gasteiger partial charge in [-0.15, -0.1) is 0 Å². The van der Waals surface area contributed by atoms with Crippen LogP contribution in [0.3, 0.4) is 0 Å². The maximum absolute atomic E-state index is 12.9. The van der Waals surface area contributed by atoms with E-state index in [1.165, 1.54) is 42.5 Å². The minimum atomic E-state index is -4.03. The van der Waals surface area contributed by atoms with Gasteiger partial charge in [0.25, 0.3) is 0 Å². The summed E-state index contributed by atoms with van der Waals surface area (Å²) >= 11 is 0. The summed E-state index contributed by atoms with van der Waals surface area (Å²) in [4.78, 5) is -0.911. The molecule has 0 heterocycles. The number of sulfone groups is 2. The summed E-state index contributed by atoms with van der Waals surface area (Å²) in [6, 6.07) is 22.0. The lowest BCUT2D eigenvalue weighted by atomic mass is 10.1. The van der Waals surface area contributed by atoms with E-state index >= 15 is 0 Å². The van der Waals surface area contributed by atoms with Crippen molar-refractivity contribution in [3.63, 3.8) is 0 Å². The fourth-order valence-corrected chi connectivity index (χ4v) is 5.39. The minimum absolute atomic E-state index is 0.00194. The van der Waals surface area contributed by atoms with Crippen LogP contribution < -0.4 is 0 Å². The Labute approximate surface area is 199 Å². The molecule has 0 atom stereocenters. The van der Waals surface area contributed by atoms with Gasteiger partial charge in [0.1, 0.15) is 21.9 Å². The molecule has 0 radical (unpaired) electrons. The number of allylic oxidation sites excluding steroid dienone is 2. The Bertz CT molecular complexity index is 1470. The van der Waals surface area contributed by atoms with Crippen LogP contribution in [0.2, 0.25) is 0 Å². The van der Waals surface area contributed by atoms with Crippen molar-refractivity contribution in [1.82, 2.24) is 0 Å². The van der Waals surface area contributed by atoms with Gasteiger partial charge in [0.15, 0.2) is 0 Å². The number of aryl methyl sites for hydroxylation is 2. The molecule has 3 aromatic rings. The van der Waals surface area contributed by atoms with Crippen molar-refractivity contribution in [2.45, 2.75) is 23.6 Å². The first-order valence-corrected chi connectivity index (χ1v) is 13.0. The molecule has 0 bridgehead atoms. The molecule has 0 spiro atoms. The van der Waals surface area contributed by atoms with Gasteiger partial charge >= 0.3 is 0 Å². The first kappa shape index (κ1) is 24.7. The Kier molecular flexibility index (Phi) is 7.17. The summed E-state index contributed by atoms with van der Waals surface area (Å²) in [7, 11) is -8.07. The summed E-state index contributed by atoms with van der Waals surface area (Å²) in [5.41, 5.74) is 2.50. The summed E-state index contributed by atoms with van der Waals surface area (Å²) in [5, 5.41) is 19.0. The van der Waals surface area contributed by atoms with Gasteiger partial charge in [0, 0.05) is 0 Å². The molecular weight excluding hydrogens is 468 g/mol. The van der Waals surface area contributed by atoms with Gasteiger partial charge in [0.05, 0.1) is 9.79 Å². The van der Waals surface area contributed by atoms with Crippen molar-refractivity contribution < 1.29 is 16.8 Å². The maximum Gasteiger partial charge on any atom is 0.216 e. The van der Waals surface area contributed by atoms with E-state index in [1.807, 2.05) is 13.8 Å². The van der Waals surface area contributed by atoms with Crippen molar-refractivity contribution in [2.24, 2.45) is 0 Å². The average Bonchev–Trinajstić information content (AvgIpc) is 2.81. The van der Waals surface area contributed by atoms with Gasteiger partial charge in [-0.25, -0.2) is 16.8 Å². The molecule has 0 aromatic heterocycles. The van der Waals surface area contributed by atoms with Gasteiger partial charge in [-0.2, -0.15) is 10.5 Å². The zero-order valence-electron chi connectivity index (χ0n) is 18.4. The fourth-order valence-electron chi connectivity index (χ4n) is 3.07. The normalized spacial score (nSPS) is 12.6. The number of hydrogen-bond acceptors (Lipinski definition) is 6. The van der Waals surface area contributed by atoms with Crippen LogP contribution in [0.25, 0.3) is 12.2 Å². The molecule has 0 amide bonds. The van der Waals surface area contributed by atoms with E-state index < -0.39 is 29.5 Å². The minimum Gasteiger partial charge on any atom is -0.218 e. The number of nitrogens with zero attached hydrogens (tertiary/aromatic N) is 2. The highest BCUT2D eigenvalue weighted by Gasteiger charge is 2.22. The lowest BCUT2D eigenvalue weighted by Crippen LogP contribution is -2.04. The van der Waals surface area contributed by atoms with Crippen LogP contribution in [0, 0.1) is 36.5 Å². The number of nitriles is 2. The Morgan fingerprint density at radius 3 is 1.32 bits per heavy atom. The fraction of sp³-hybridized carbons (Fsp3) is 0.0769. The molecule has 170 valence electrons. The molecule has 0 unspecified atom stereocenters. The third-order valence-corrected chi connectivity index (χ3v) is 8.33. The lowest BCUT2D eigenvalue weighted by Gasteiger charge is -2.05. The predicted molar refractivity (Wildman–Crippen MR) is 130 cm³/mol. The summed E-state index contributed by atoms with van der Waals surface area (Å²) in [6.07, 6.45) is 2.43. The summed E-state index contributed by atoms with van der Waals surface area (Å²) in [6.45, 7) is 3.65. The third kappa shape index (κ3) is 5.32. The number of hydrogen-bond donors (Lipinski definition) is 0. The van der Waals surface area contributed by atoms with Crippen LogP contribution in [0.4, 0.5) is 0 Å². The van der Waals surface area contributed by atoms with Crippen molar-refractivity contribution in [1.29, 1.82) is 10.5 Å². The molecule has 6 nitrogen and oxygen atoms in total. The molecule has 0 aliphatic carbocycles. The molecule has 3 aromatic carbocycles. The van der Waals surface area contributed by atoms with Gasteiger partial charge < -0.3 is 0 Å². The topological polar surface area (TPSA) is 116 Å². The molecule has 34 heavy (non-hydrogen) atoms. The molecular formula is C26H20N2O4S2. The number of benzene rings is 3. The van der Waals surface area contributed by atoms with Crippen molar-refractivity contribution >= 4 is 31.8 Å². The lowest BCUT2D eigenvalue weighted by molar-refractivity contribution is 0.601. The van der Waals surface area contributed by atoms with Crippen LogP contribution >= 0.6 is 0 Å². The van der Waals surface area contributed by atoms with Crippen molar-refractivity contribution in [3.8, 4) is 12.1 Å². The Morgan fingerprint density at radius 2 is 1.00 bits per heavy atom. The first-order valence-electron chi connectivity index (χ1n) is 10.0. The molecule has 0 aliphatic heterocycles. The predicted octanol–water partition coefficient (Wildman–Crippen LogP) is 4.98. The zero-order valence-corrected chi connectivity index (χ0v) is 20.1. The molecule has 0 saturated heterocycles. The van der Waals surface area contributed by atoms with Crippen LogP contribution in [0.15, 0.2) is 92.4 Å². The monoisotopic (exact) mass is 488 g/mol. The van der Waals surface area contributed by atoms with E-state index in [1.54, 1.807) is 54.6 Å². The molecule has 0 N–H and O–H groups in total. The Balaban J connectivity index is 2.02. The maximum atomic E-state index is 12.9. The largest absolute Gasteiger partial charge is 0.218 e. The van der Waals surface area contributed by atoms with Crippen LogP contribution in [-0.4, -0.2) is 16.8 Å². The van der Waals surface area contributed by atoms with Gasteiger partial charge in [-0.1, -0.05) is 53.6 Å². The van der Waals surface area contributed by atoms with Crippen molar-refractivity contribution in [2.75, 3.05) is 0 Å². The first-order chi connectivity index (χ1) is 16.1. The molecule has 3 rings (SSSR count). The highest BCUT2D eigenvalue weighted by molar-refractivity contribution is 7.96. The van der Waals surface area contributed by atoms with Crippen LogP contribution in [0.5, 0.6) is 0 Å². The Hall–Kier alpha value is -3.98. The Morgan fingerprint density at radius 1 is 0.647 bits per heavy atom. The summed E-state index contributed by atoms with van der Waals surface area (Å²) < 4.78 is 51.5. The van der Waals surface area contributed by atoms with E-state index in [9.17, 15) is 27.4 Å². The van der Waals surface area contributed by atoms with E-state index in [0.717, 1.165) is 11.1 Å². The van der Waals surface area contributed by atoms with Gasteiger partial charge in [-0.05, 0) is 67.5 Å². The second-order valence-corrected chi connectivity index (χ2v) is 11.4. The second-order valence-electron chi connectivity index (χ2n) is 7.54. The van der Waals surface area contributed by atoms with Crippen LogP contribution in [0.1, 0.15) is 22.3 Å². The highest BCUT2D eigenvalue weighted by Crippen LogP contribution is 2.24. The average molecular weight is 489 g/mol. The molecule has 0 aliphatic rings. The molecule has 0 saturated carbocycles. The van der Waals surface area contributed by atoms with E-state index in [-0.39, 0.29) is 9.79 Å². The van der Waals surface area contributed by atoms with Crippen molar-refractivity contribution in [3.05, 3.63) is 105 Å². The number of rotatable bonds is 6. The quantitative estimate of drug-likeness (QED) is 0.452. The van der Waals surface area contributed by atoms with Gasteiger partial charge in [0.2, 0.25) is 19.7 Å². The highest BCUT2D eigenvalue weighted by atomic mass is 32.2. The van der Waals surface area contributed by atoms with E-state index in [4.69, 9.17) is 0 Å². The van der Waals surface area contributed by atoms with Crippen LogP contribution in [-0.2, 0) is 19.7 Å².